The van der Waals surface area contributed by atoms with Crippen molar-refractivity contribution in [3.63, 3.8) is 0 Å². The van der Waals surface area contributed by atoms with E-state index in [-0.39, 0.29) is 10.7 Å². The van der Waals surface area contributed by atoms with E-state index in [1.807, 2.05) is 40.9 Å². The van der Waals surface area contributed by atoms with Crippen molar-refractivity contribution in [3.05, 3.63) is 29.8 Å². The standard InChI is InChI=1S/C16H21NO3S/c1-19-13-5-3-12(4-6-13)7-15(18)17-10-16(11-17)8-14(20-2)9-21-16/h3-6,14H,7-11H2,1-2H3/t14-/m0/s1. The number of amides is 1. The van der Waals surface area contributed by atoms with E-state index in [2.05, 4.69) is 0 Å². The van der Waals surface area contributed by atoms with Gasteiger partial charge in [0.1, 0.15) is 5.75 Å². The van der Waals surface area contributed by atoms with Gasteiger partial charge in [-0.2, -0.15) is 0 Å². The highest BCUT2D eigenvalue weighted by Gasteiger charge is 2.50. The number of hydrogen-bond donors (Lipinski definition) is 0. The molecule has 2 fully saturated rings. The summed E-state index contributed by atoms with van der Waals surface area (Å²) < 4.78 is 10.8. The molecule has 1 aromatic carbocycles. The van der Waals surface area contributed by atoms with Crippen LogP contribution in [-0.4, -0.2) is 54.7 Å². The first-order valence-electron chi connectivity index (χ1n) is 7.21. The summed E-state index contributed by atoms with van der Waals surface area (Å²) in [6, 6.07) is 7.71. The van der Waals surface area contributed by atoms with E-state index < -0.39 is 0 Å². The molecule has 114 valence electrons. The average molecular weight is 307 g/mol. The van der Waals surface area contributed by atoms with E-state index in [9.17, 15) is 4.79 Å². The normalized spacial score (nSPS) is 23.1. The smallest absolute Gasteiger partial charge is 0.227 e. The summed E-state index contributed by atoms with van der Waals surface area (Å²) in [5.41, 5.74) is 1.04. The Hall–Kier alpha value is -1.20. The second-order valence-corrected chi connectivity index (χ2v) is 7.32. The quantitative estimate of drug-likeness (QED) is 0.852. The topological polar surface area (TPSA) is 38.8 Å². The Labute approximate surface area is 129 Å². The maximum atomic E-state index is 12.3. The molecule has 0 aromatic heterocycles. The van der Waals surface area contributed by atoms with Gasteiger partial charge >= 0.3 is 0 Å². The Morgan fingerprint density at radius 1 is 1.33 bits per heavy atom. The first kappa shape index (κ1) is 14.7. The Balaban J connectivity index is 1.51. The zero-order chi connectivity index (χ0) is 14.9. The molecule has 3 rings (SSSR count). The summed E-state index contributed by atoms with van der Waals surface area (Å²) in [4.78, 5) is 14.3. The molecule has 0 aliphatic carbocycles. The number of likely N-dealkylation sites (tertiary alicyclic amines) is 1. The molecule has 1 amide bonds. The van der Waals surface area contributed by atoms with Crippen LogP contribution in [0.5, 0.6) is 5.75 Å². The minimum absolute atomic E-state index is 0.215. The number of carbonyl (C=O) groups is 1. The number of methoxy groups -OCH3 is 2. The fourth-order valence-electron chi connectivity index (χ4n) is 3.03. The van der Waals surface area contributed by atoms with Crippen LogP contribution in [0.25, 0.3) is 0 Å². The third-order valence-electron chi connectivity index (χ3n) is 4.33. The zero-order valence-corrected chi connectivity index (χ0v) is 13.3. The molecular formula is C16H21NO3S. The molecule has 2 aliphatic heterocycles. The molecule has 0 saturated carbocycles. The van der Waals surface area contributed by atoms with Crippen molar-refractivity contribution in [2.24, 2.45) is 0 Å². The minimum atomic E-state index is 0.215. The van der Waals surface area contributed by atoms with Gasteiger partial charge in [0.05, 0.1) is 24.4 Å². The van der Waals surface area contributed by atoms with Crippen LogP contribution < -0.4 is 4.74 Å². The fraction of sp³-hybridized carbons (Fsp3) is 0.562. The molecule has 21 heavy (non-hydrogen) atoms. The molecule has 0 unspecified atom stereocenters. The second kappa shape index (κ2) is 5.89. The predicted octanol–water partition coefficient (Wildman–Crippen LogP) is 1.97. The lowest BCUT2D eigenvalue weighted by Crippen LogP contribution is -2.61. The van der Waals surface area contributed by atoms with Crippen molar-refractivity contribution in [2.45, 2.75) is 23.7 Å². The summed E-state index contributed by atoms with van der Waals surface area (Å²) in [5, 5.41) is 0. The number of nitrogens with zero attached hydrogens (tertiary/aromatic N) is 1. The van der Waals surface area contributed by atoms with Crippen LogP contribution in [0.15, 0.2) is 24.3 Å². The number of benzene rings is 1. The molecule has 2 saturated heterocycles. The second-order valence-electron chi connectivity index (χ2n) is 5.83. The lowest BCUT2D eigenvalue weighted by atomic mass is 9.92. The van der Waals surface area contributed by atoms with Crippen LogP contribution >= 0.6 is 11.8 Å². The molecule has 0 N–H and O–H groups in total. The van der Waals surface area contributed by atoms with Gasteiger partial charge < -0.3 is 14.4 Å². The summed E-state index contributed by atoms with van der Waals surface area (Å²) in [6.45, 7) is 1.74. The molecule has 5 heteroatoms. The van der Waals surface area contributed by atoms with Crippen LogP contribution in [0, 0.1) is 0 Å². The van der Waals surface area contributed by atoms with E-state index in [1.165, 1.54) is 0 Å². The van der Waals surface area contributed by atoms with Crippen molar-refractivity contribution < 1.29 is 14.3 Å². The summed E-state index contributed by atoms with van der Waals surface area (Å²) in [6.07, 6.45) is 1.90. The highest BCUT2D eigenvalue weighted by atomic mass is 32.2. The number of hydrogen-bond acceptors (Lipinski definition) is 4. The Kier molecular flexibility index (Phi) is 4.13. The largest absolute Gasteiger partial charge is 0.497 e. The van der Waals surface area contributed by atoms with Gasteiger partial charge in [-0.05, 0) is 24.1 Å². The monoisotopic (exact) mass is 307 g/mol. The number of carbonyl (C=O) groups excluding carboxylic acids is 1. The summed E-state index contributed by atoms with van der Waals surface area (Å²) >= 11 is 1.96. The first-order valence-corrected chi connectivity index (χ1v) is 8.20. The fourth-order valence-corrected chi connectivity index (χ4v) is 4.62. The maximum Gasteiger partial charge on any atom is 0.227 e. The first-order chi connectivity index (χ1) is 10.1. The van der Waals surface area contributed by atoms with Gasteiger partial charge in [-0.15, -0.1) is 11.8 Å². The summed E-state index contributed by atoms with van der Waals surface area (Å²) in [7, 11) is 3.42. The van der Waals surface area contributed by atoms with Gasteiger partial charge in [-0.3, -0.25) is 4.79 Å². The number of rotatable bonds is 4. The van der Waals surface area contributed by atoms with Gasteiger partial charge in [0, 0.05) is 26.0 Å². The van der Waals surface area contributed by atoms with Crippen molar-refractivity contribution in [2.75, 3.05) is 33.1 Å². The van der Waals surface area contributed by atoms with Crippen molar-refractivity contribution >= 4 is 17.7 Å². The third-order valence-corrected chi connectivity index (χ3v) is 5.91. The van der Waals surface area contributed by atoms with Gasteiger partial charge in [-0.25, -0.2) is 0 Å². The average Bonchev–Trinajstić information content (AvgIpc) is 2.91. The van der Waals surface area contributed by atoms with Crippen molar-refractivity contribution in [1.82, 2.24) is 4.90 Å². The minimum Gasteiger partial charge on any atom is -0.497 e. The molecule has 1 atom stereocenters. The third kappa shape index (κ3) is 3.04. The lowest BCUT2D eigenvalue weighted by molar-refractivity contribution is -0.135. The molecule has 2 aliphatic rings. The highest BCUT2D eigenvalue weighted by Crippen LogP contribution is 2.45. The molecule has 0 bridgehead atoms. The molecular weight excluding hydrogens is 286 g/mol. The predicted molar refractivity (Wildman–Crippen MR) is 83.9 cm³/mol. The summed E-state index contributed by atoms with van der Waals surface area (Å²) in [5.74, 6) is 2.09. The Morgan fingerprint density at radius 2 is 2.05 bits per heavy atom. The number of ether oxygens (including phenoxy) is 2. The molecule has 1 spiro atoms. The van der Waals surface area contributed by atoms with Gasteiger partial charge in [-0.1, -0.05) is 12.1 Å². The van der Waals surface area contributed by atoms with Crippen LogP contribution in [0.4, 0.5) is 0 Å². The van der Waals surface area contributed by atoms with Crippen LogP contribution in [0.3, 0.4) is 0 Å². The maximum absolute atomic E-state index is 12.3. The van der Waals surface area contributed by atoms with Crippen molar-refractivity contribution in [1.29, 1.82) is 0 Å². The zero-order valence-electron chi connectivity index (χ0n) is 12.5. The van der Waals surface area contributed by atoms with Crippen LogP contribution in [-0.2, 0) is 16.0 Å². The molecule has 4 nitrogen and oxygen atoms in total. The van der Waals surface area contributed by atoms with Crippen LogP contribution in [0.2, 0.25) is 0 Å². The van der Waals surface area contributed by atoms with Gasteiger partial charge in [0.25, 0.3) is 0 Å². The highest BCUT2D eigenvalue weighted by molar-refractivity contribution is 8.01. The molecule has 2 heterocycles. The van der Waals surface area contributed by atoms with E-state index in [0.29, 0.717) is 12.5 Å². The molecule has 0 radical (unpaired) electrons. The van der Waals surface area contributed by atoms with Gasteiger partial charge in [0.15, 0.2) is 0 Å². The van der Waals surface area contributed by atoms with E-state index in [1.54, 1.807) is 14.2 Å². The Morgan fingerprint density at radius 3 is 2.62 bits per heavy atom. The van der Waals surface area contributed by atoms with E-state index >= 15 is 0 Å². The lowest BCUT2D eigenvalue weighted by Gasteiger charge is -2.47. The van der Waals surface area contributed by atoms with Crippen LogP contribution in [0.1, 0.15) is 12.0 Å². The van der Waals surface area contributed by atoms with Gasteiger partial charge in [0.2, 0.25) is 5.91 Å². The van der Waals surface area contributed by atoms with Crippen molar-refractivity contribution in [3.8, 4) is 5.75 Å². The Bertz CT molecular complexity index is 511. The SMILES string of the molecule is COc1ccc(CC(=O)N2CC3(C[C@H](OC)CS3)C2)cc1. The number of thioether (sulfide) groups is 1. The molecule has 1 aromatic rings. The van der Waals surface area contributed by atoms with E-state index in [4.69, 9.17) is 9.47 Å². The van der Waals surface area contributed by atoms with E-state index in [0.717, 1.165) is 36.6 Å².